The highest BCUT2D eigenvalue weighted by Gasteiger charge is 2.27. The highest BCUT2D eigenvalue weighted by atomic mass is 32.1. The van der Waals surface area contributed by atoms with Crippen molar-refractivity contribution in [2.24, 2.45) is 17.6 Å². The summed E-state index contributed by atoms with van der Waals surface area (Å²) in [6.07, 6.45) is 3.47. The van der Waals surface area contributed by atoms with Crippen LogP contribution < -0.4 is 26.6 Å². The number of thiocarbonyl (C=S) groups is 1. The number of ether oxygens (including phenoxy) is 1. The van der Waals surface area contributed by atoms with Crippen molar-refractivity contribution in [1.82, 2.24) is 16.2 Å². The van der Waals surface area contributed by atoms with E-state index in [0.717, 1.165) is 6.42 Å². The molecular formula is C18H26N4O3S. The van der Waals surface area contributed by atoms with Gasteiger partial charge in [0.2, 0.25) is 0 Å². The maximum Gasteiger partial charge on any atom is 0.276 e. The van der Waals surface area contributed by atoms with Gasteiger partial charge in [-0.25, -0.2) is 0 Å². The predicted octanol–water partition coefficient (Wildman–Crippen LogP) is 1.48. The number of nitrogens with one attached hydrogen (secondary N) is 3. The second kappa shape index (κ2) is 9.38. The molecule has 7 nitrogen and oxygen atoms in total. The Morgan fingerprint density at radius 1 is 1.23 bits per heavy atom. The first-order chi connectivity index (χ1) is 12.4. The molecular weight excluding hydrogens is 352 g/mol. The average molecular weight is 378 g/mol. The summed E-state index contributed by atoms with van der Waals surface area (Å²) in [5.41, 5.74) is 10.7. The zero-order valence-electron chi connectivity index (χ0n) is 15.1. The van der Waals surface area contributed by atoms with Gasteiger partial charge in [0.1, 0.15) is 5.75 Å². The van der Waals surface area contributed by atoms with Crippen LogP contribution >= 0.6 is 12.2 Å². The molecule has 0 bridgehead atoms. The third kappa shape index (κ3) is 5.59. The Morgan fingerprint density at radius 2 is 1.96 bits per heavy atom. The van der Waals surface area contributed by atoms with Crippen LogP contribution in [0.4, 0.5) is 0 Å². The molecule has 0 heterocycles. The molecule has 1 aromatic rings. The molecule has 1 aromatic carbocycles. The topological polar surface area (TPSA) is 105 Å². The second-order valence-corrected chi connectivity index (χ2v) is 7.08. The molecule has 1 aliphatic rings. The summed E-state index contributed by atoms with van der Waals surface area (Å²) in [4.78, 5) is 23.2. The number of para-hydroxylation sites is 1. The van der Waals surface area contributed by atoms with Crippen molar-refractivity contribution >= 4 is 29.1 Å². The summed E-state index contributed by atoms with van der Waals surface area (Å²) in [5.74, 6) is 0.407. The van der Waals surface area contributed by atoms with Crippen LogP contribution in [-0.4, -0.2) is 29.6 Å². The monoisotopic (exact) mass is 378 g/mol. The molecule has 1 fully saturated rings. The standard InChI is InChI=1S/C18H26N4O3S/c1-11-6-5-8-14(12(11)2)20-18(26)22-21-16(23)10-25-15-9-4-3-7-13(15)17(19)24/h3-4,7,9,11-12,14H,5-6,8,10H2,1-2H3,(H2,19,24)(H,21,23)(H2,20,22,26)/t11-,12+,14-/m0/s1. The van der Waals surface area contributed by atoms with Crippen molar-refractivity contribution in [1.29, 1.82) is 0 Å². The van der Waals surface area contributed by atoms with Gasteiger partial charge in [0.05, 0.1) is 5.56 Å². The molecule has 0 aliphatic heterocycles. The lowest BCUT2D eigenvalue weighted by molar-refractivity contribution is -0.123. The molecule has 1 saturated carbocycles. The summed E-state index contributed by atoms with van der Waals surface area (Å²) >= 11 is 5.24. The maximum atomic E-state index is 11.9. The molecule has 8 heteroatoms. The number of benzene rings is 1. The van der Waals surface area contributed by atoms with Crippen LogP contribution in [0.25, 0.3) is 0 Å². The van der Waals surface area contributed by atoms with Gasteiger partial charge in [0.15, 0.2) is 11.7 Å². The molecule has 2 amide bonds. The Labute approximate surface area is 159 Å². The highest BCUT2D eigenvalue weighted by Crippen LogP contribution is 2.29. The number of primary amides is 1. The minimum absolute atomic E-state index is 0.228. The van der Waals surface area contributed by atoms with Gasteiger partial charge >= 0.3 is 0 Å². The third-order valence-corrected chi connectivity index (χ3v) is 5.07. The first-order valence-corrected chi connectivity index (χ1v) is 9.16. The second-order valence-electron chi connectivity index (χ2n) is 6.67. The molecule has 3 atom stereocenters. The van der Waals surface area contributed by atoms with Crippen molar-refractivity contribution in [2.75, 3.05) is 6.61 Å². The predicted molar refractivity (Wildman–Crippen MR) is 103 cm³/mol. The van der Waals surface area contributed by atoms with Gasteiger partial charge in [-0.3, -0.25) is 20.4 Å². The van der Waals surface area contributed by atoms with Crippen molar-refractivity contribution in [3.63, 3.8) is 0 Å². The van der Waals surface area contributed by atoms with Crippen LogP contribution in [0.3, 0.4) is 0 Å². The number of hydrogen-bond acceptors (Lipinski definition) is 4. The lowest BCUT2D eigenvalue weighted by Gasteiger charge is -2.35. The van der Waals surface area contributed by atoms with Gasteiger partial charge in [-0.1, -0.05) is 38.8 Å². The number of hydrogen-bond donors (Lipinski definition) is 4. The molecule has 0 spiro atoms. The van der Waals surface area contributed by atoms with E-state index in [-0.39, 0.29) is 17.9 Å². The fraction of sp³-hybridized carbons (Fsp3) is 0.500. The van der Waals surface area contributed by atoms with E-state index < -0.39 is 11.8 Å². The molecule has 0 radical (unpaired) electrons. The zero-order chi connectivity index (χ0) is 19.1. The smallest absolute Gasteiger partial charge is 0.276 e. The van der Waals surface area contributed by atoms with Gasteiger partial charge < -0.3 is 15.8 Å². The molecule has 1 aliphatic carbocycles. The van der Waals surface area contributed by atoms with Gasteiger partial charge in [0, 0.05) is 6.04 Å². The maximum absolute atomic E-state index is 11.9. The fourth-order valence-corrected chi connectivity index (χ4v) is 3.29. The summed E-state index contributed by atoms with van der Waals surface area (Å²) in [5, 5.41) is 3.63. The number of nitrogens with two attached hydrogens (primary N) is 1. The fourth-order valence-electron chi connectivity index (χ4n) is 3.09. The number of hydrazine groups is 1. The van der Waals surface area contributed by atoms with Crippen LogP contribution in [0.15, 0.2) is 24.3 Å². The molecule has 142 valence electrons. The number of carbonyl (C=O) groups excluding carboxylic acids is 2. The van der Waals surface area contributed by atoms with Gasteiger partial charge in [-0.2, -0.15) is 0 Å². The van der Waals surface area contributed by atoms with Crippen molar-refractivity contribution in [3.8, 4) is 5.75 Å². The number of carbonyl (C=O) groups is 2. The SMILES string of the molecule is C[C@H]1[C@@H](NC(=S)NNC(=O)COc2ccccc2C(N)=O)CCC[C@@H]1C. The van der Waals surface area contributed by atoms with Crippen LogP contribution in [0.5, 0.6) is 5.75 Å². The first kappa shape index (κ1) is 20.0. The Balaban J connectivity index is 1.75. The molecule has 26 heavy (non-hydrogen) atoms. The van der Waals surface area contributed by atoms with E-state index in [1.807, 2.05) is 0 Å². The Bertz CT molecular complexity index is 668. The van der Waals surface area contributed by atoms with Crippen LogP contribution in [-0.2, 0) is 4.79 Å². The van der Waals surface area contributed by atoms with Crippen molar-refractivity contribution < 1.29 is 14.3 Å². The Kier molecular flexibility index (Phi) is 7.20. The largest absolute Gasteiger partial charge is 0.483 e. The van der Waals surface area contributed by atoms with Crippen molar-refractivity contribution in [2.45, 2.75) is 39.2 Å². The lowest BCUT2D eigenvalue weighted by atomic mass is 9.78. The normalized spacial score (nSPS) is 22.2. The number of rotatable bonds is 5. The van der Waals surface area contributed by atoms with Gasteiger partial charge in [-0.05, 0) is 42.6 Å². The van der Waals surface area contributed by atoms with Gasteiger partial charge in [-0.15, -0.1) is 0 Å². The van der Waals surface area contributed by atoms with E-state index in [4.69, 9.17) is 22.7 Å². The number of amides is 2. The van der Waals surface area contributed by atoms with Crippen molar-refractivity contribution in [3.05, 3.63) is 29.8 Å². The summed E-state index contributed by atoms with van der Waals surface area (Å²) in [7, 11) is 0. The Morgan fingerprint density at radius 3 is 2.69 bits per heavy atom. The first-order valence-electron chi connectivity index (χ1n) is 8.75. The molecule has 0 saturated heterocycles. The zero-order valence-corrected chi connectivity index (χ0v) is 15.9. The van der Waals surface area contributed by atoms with Crippen LogP contribution in [0.2, 0.25) is 0 Å². The Hall–Kier alpha value is -2.35. The van der Waals surface area contributed by atoms with Gasteiger partial charge in [0.25, 0.3) is 11.8 Å². The summed E-state index contributed by atoms with van der Waals surface area (Å²) in [6, 6.07) is 6.79. The quantitative estimate of drug-likeness (QED) is 0.457. The average Bonchev–Trinajstić information content (AvgIpc) is 2.62. The lowest BCUT2D eigenvalue weighted by Crippen LogP contribution is -2.53. The minimum atomic E-state index is -0.611. The minimum Gasteiger partial charge on any atom is -0.483 e. The van der Waals surface area contributed by atoms with Crippen LogP contribution in [0.1, 0.15) is 43.5 Å². The van der Waals surface area contributed by atoms with E-state index >= 15 is 0 Å². The van der Waals surface area contributed by atoms with E-state index in [0.29, 0.717) is 23.0 Å². The molecule has 0 unspecified atom stereocenters. The summed E-state index contributed by atoms with van der Waals surface area (Å²) in [6.45, 7) is 4.20. The molecule has 5 N–H and O–H groups in total. The summed E-state index contributed by atoms with van der Waals surface area (Å²) < 4.78 is 5.36. The molecule has 0 aromatic heterocycles. The third-order valence-electron chi connectivity index (χ3n) is 4.85. The highest BCUT2D eigenvalue weighted by molar-refractivity contribution is 7.80. The molecule has 2 rings (SSSR count). The van der Waals surface area contributed by atoms with E-state index in [1.54, 1.807) is 24.3 Å². The van der Waals surface area contributed by atoms with E-state index in [1.165, 1.54) is 12.8 Å². The van der Waals surface area contributed by atoms with E-state index in [9.17, 15) is 9.59 Å². The van der Waals surface area contributed by atoms with Crippen LogP contribution in [0, 0.1) is 11.8 Å². The van der Waals surface area contributed by atoms with E-state index in [2.05, 4.69) is 30.0 Å².